The Kier molecular flexibility index (Phi) is 5.46. The first-order valence-corrected chi connectivity index (χ1v) is 9.89. The summed E-state index contributed by atoms with van der Waals surface area (Å²) in [6.07, 6.45) is 5.66. The summed E-state index contributed by atoms with van der Waals surface area (Å²) in [5.41, 5.74) is 10.6. The maximum absolute atomic E-state index is 11.5. The molecule has 28 heavy (non-hydrogen) atoms. The number of ether oxygens (including phenoxy) is 1. The van der Waals surface area contributed by atoms with Crippen molar-refractivity contribution in [3.63, 3.8) is 0 Å². The van der Waals surface area contributed by atoms with Gasteiger partial charge in [-0.05, 0) is 66.8 Å². The van der Waals surface area contributed by atoms with E-state index in [0.29, 0.717) is 11.6 Å². The highest BCUT2D eigenvalue weighted by Gasteiger charge is 2.25. The van der Waals surface area contributed by atoms with Crippen LogP contribution in [0.5, 0.6) is 0 Å². The topological polar surface area (TPSA) is 71.3 Å². The molecule has 1 amide bonds. The standard InChI is InChI=1S/C23H27N3O2/c1-28-11-10-26-9-3-6-20(26)13-19-15-25-22-8-7-17(14-21(19)22)16-4-2-5-18(12-16)23(24)27/h2,4-5,7-8,12,14-15,20,25H,3,6,9-11,13H2,1H3,(H2,24,27)/t20-/m1/s1. The predicted octanol–water partition coefficient (Wildman–Crippen LogP) is 3.59. The number of amides is 1. The SMILES string of the molecule is COCCN1CCC[C@@H]1Cc1c[nH]c2ccc(-c3cccc(C(N)=O)c3)cc12. The first-order chi connectivity index (χ1) is 13.7. The van der Waals surface area contributed by atoms with Gasteiger partial charge >= 0.3 is 0 Å². The third kappa shape index (κ3) is 3.81. The summed E-state index contributed by atoms with van der Waals surface area (Å²) in [6, 6.07) is 14.5. The van der Waals surface area contributed by atoms with Gasteiger partial charge in [-0.25, -0.2) is 0 Å². The van der Waals surface area contributed by atoms with Gasteiger partial charge in [0.05, 0.1) is 6.61 Å². The van der Waals surface area contributed by atoms with Gasteiger partial charge in [0.1, 0.15) is 0 Å². The molecule has 1 fully saturated rings. The fraction of sp³-hybridized carbons (Fsp3) is 0.348. The molecule has 0 radical (unpaired) electrons. The van der Waals surface area contributed by atoms with Gasteiger partial charge in [0.25, 0.3) is 0 Å². The van der Waals surface area contributed by atoms with Crippen LogP contribution in [0.3, 0.4) is 0 Å². The number of fused-ring (bicyclic) bond motifs is 1. The third-order valence-electron chi connectivity index (χ3n) is 5.79. The minimum Gasteiger partial charge on any atom is -0.383 e. The van der Waals surface area contributed by atoms with E-state index < -0.39 is 5.91 Å². The summed E-state index contributed by atoms with van der Waals surface area (Å²) in [5, 5.41) is 1.25. The molecule has 0 spiro atoms. The summed E-state index contributed by atoms with van der Waals surface area (Å²) < 4.78 is 5.27. The highest BCUT2D eigenvalue weighted by atomic mass is 16.5. The van der Waals surface area contributed by atoms with Gasteiger partial charge in [0.15, 0.2) is 0 Å². The summed E-state index contributed by atoms with van der Waals surface area (Å²) in [7, 11) is 1.76. The molecule has 0 bridgehead atoms. The van der Waals surface area contributed by atoms with E-state index in [9.17, 15) is 4.79 Å². The van der Waals surface area contributed by atoms with Gasteiger partial charge in [0, 0.05) is 42.4 Å². The first kappa shape index (κ1) is 18.7. The van der Waals surface area contributed by atoms with E-state index in [-0.39, 0.29) is 0 Å². The number of aromatic nitrogens is 1. The van der Waals surface area contributed by atoms with Crippen molar-refractivity contribution < 1.29 is 9.53 Å². The van der Waals surface area contributed by atoms with Crippen molar-refractivity contribution in [3.05, 3.63) is 59.8 Å². The smallest absolute Gasteiger partial charge is 0.248 e. The number of likely N-dealkylation sites (tertiary alicyclic amines) is 1. The fourth-order valence-corrected chi connectivity index (χ4v) is 4.26. The highest BCUT2D eigenvalue weighted by Crippen LogP contribution is 2.29. The number of methoxy groups -OCH3 is 1. The van der Waals surface area contributed by atoms with Crippen molar-refractivity contribution in [3.8, 4) is 11.1 Å². The number of carbonyl (C=O) groups is 1. The number of H-pyrrole nitrogens is 1. The molecule has 1 aromatic heterocycles. The second-order valence-corrected chi connectivity index (χ2v) is 7.55. The molecule has 1 aliphatic rings. The summed E-state index contributed by atoms with van der Waals surface area (Å²) in [4.78, 5) is 17.5. The van der Waals surface area contributed by atoms with Crippen LogP contribution in [0, 0.1) is 0 Å². The fourth-order valence-electron chi connectivity index (χ4n) is 4.26. The quantitative estimate of drug-likeness (QED) is 0.661. The predicted molar refractivity (Wildman–Crippen MR) is 112 cm³/mol. The number of hydrogen-bond acceptors (Lipinski definition) is 3. The maximum Gasteiger partial charge on any atom is 0.248 e. The molecule has 5 nitrogen and oxygen atoms in total. The van der Waals surface area contributed by atoms with Crippen LogP contribution in [-0.4, -0.2) is 48.6 Å². The largest absolute Gasteiger partial charge is 0.383 e. The summed E-state index contributed by atoms with van der Waals surface area (Å²) in [5.74, 6) is -0.400. The van der Waals surface area contributed by atoms with Crippen LogP contribution in [0.2, 0.25) is 0 Å². The Morgan fingerprint density at radius 1 is 1.25 bits per heavy atom. The van der Waals surface area contributed by atoms with Crippen molar-refractivity contribution in [1.82, 2.24) is 9.88 Å². The number of nitrogens with one attached hydrogen (secondary N) is 1. The second-order valence-electron chi connectivity index (χ2n) is 7.55. The Morgan fingerprint density at radius 3 is 2.93 bits per heavy atom. The molecule has 1 saturated heterocycles. The Labute approximate surface area is 165 Å². The van der Waals surface area contributed by atoms with Crippen LogP contribution >= 0.6 is 0 Å². The summed E-state index contributed by atoms with van der Waals surface area (Å²) >= 11 is 0. The Morgan fingerprint density at radius 2 is 2.11 bits per heavy atom. The maximum atomic E-state index is 11.5. The van der Waals surface area contributed by atoms with Gasteiger partial charge < -0.3 is 15.5 Å². The minimum atomic E-state index is -0.400. The van der Waals surface area contributed by atoms with Crippen LogP contribution in [0.15, 0.2) is 48.7 Å². The number of benzene rings is 2. The van der Waals surface area contributed by atoms with Crippen molar-refractivity contribution in [2.45, 2.75) is 25.3 Å². The van der Waals surface area contributed by atoms with Gasteiger partial charge in [-0.1, -0.05) is 18.2 Å². The van der Waals surface area contributed by atoms with Gasteiger partial charge in [-0.15, -0.1) is 0 Å². The number of primary amides is 1. The zero-order chi connectivity index (χ0) is 19.5. The lowest BCUT2D eigenvalue weighted by molar-refractivity contribution is 0.100. The lowest BCUT2D eigenvalue weighted by Crippen LogP contribution is -2.33. The zero-order valence-electron chi connectivity index (χ0n) is 16.3. The van der Waals surface area contributed by atoms with Gasteiger partial charge in [-0.2, -0.15) is 0 Å². The molecule has 1 atom stereocenters. The lowest BCUT2D eigenvalue weighted by atomic mass is 9.98. The number of nitrogens with two attached hydrogens (primary N) is 1. The molecule has 1 aliphatic heterocycles. The first-order valence-electron chi connectivity index (χ1n) is 9.89. The average Bonchev–Trinajstić information content (AvgIpc) is 3.33. The molecule has 3 N–H and O–H groups in total. The van der Waals surface area contributed by atoms with Crippen molar-refractivity contribution in [2.75, 3.05) is 26.8 Å². The summed E-state index contributed by atoms with van der Waals surface area (Å²) in [6.45, 7) is 2.93. The second kappa shape index (κ2) is 8.17. The van der Waals surface area contributed by atoms with Crippen LogP contribution in [0.4, 0.5) is 0 Å². The number of carbonyl (C=O) groups excluding carboxylic acids is 1. The number of nitrogens with zero attached hydrogens (tertiary/aromatic N) is 1. The zero-order valence-corrected chi connectivity index (χ0v) is 16.3. The van der Waals surface area contributed by atoms with E-state index in [2.05, 4.69) is 34.3 Å². The molecular formula is C23H27N3O2. The molecular weight excluding hydrogens is 350 g/mol. The number of hydrogen-bond donors (Lipinski definition) is 2. The lowest BCUT2D eigenvalue weighted by Gasteiger charge is -2.23. The Bertz CT molecular complexity index is 979. The van der Waals surface area contributed by atoms with Gasteiger partial charge in [0.2, 0.25) is 5.91 Å². The van der Waals surface area contributed by atoms with Crippen molar-refractivity contribution >= 4 is 16.8 Å². The molecule has 0 aliphatic carbocycles. The van der Waals surface area contributed by atoms with E-state index in [1.807, 2.05) is 18.2 Å². The van der Waals surface area contributed by atoms with Crippen LogP contribution in [0.1, 0.15) is 28.8 Å². The van der Waals surface area contributed by atoms with Crippen molar-refractivity contribution in [2.24, 2.45) is 5.73 Å². The molecule has 3 aromatic rings. The molecule has 0 saturated carbocycles. The van der Waals surface area contributed by atoms with E-state index in [1.54, 1.807) is 13.2 Å². The minimum absolute atomic E-state index is 0.400. The van der Waals surface area contributed by atoms with E-state index in [4.69, 9.17) is 10.5 Å². The molecule has 2 heterocycles. The molecule has 5 heteroatoms. The number of rotatable bonds is 7. The monoisotopic (exact) mass is 377 g/mol. The average molecular weight is 377 g/mol. The normalized spacial score (nSPS) is 17.4. The molecule has 4 rings (SSSR count). The van der Waals surface area contributed by atoms with E-state index in [1.165, 1.54) is 23.8 Å². The van der Waals surface area contributed by atoms with Crippen LogP contribution in [-0.2, 0) is 11.2 Å². The molecule has 146 valence electrons. The van der Waals surface area contributed by atoms with E-state index >= 15 is 0 Å². The molecule has 0 unspecified atom stereocenters. The Hall–Kier alpha value is -2.63. The van der Waals surface area contributed by atoms with Crippen LogP contribution in [0.25, 0.3) is 22.0 Å². The van der Waals surface area contributed by atoms with Gasteiger partial charge in [-0.3, -0.25) is 9.69 Å². The van der Waals surface area contributed by atoms with Crippen molar-refractivity contribution in [1.29, 1.82) is 0 Å². The highest BCUT2D eigenvalue weighted by molar-refractivity contribution is 5.95. The van der Waals surface area contributed by atoms with E-state index in [0.717, 1.165) is 42.8 Å². The van der Waals surface area contributed by atoms with Crippen LogP contribution < -0.4 is 5.73 Å². The Balaban J connectivity index is 1.61. The third-order valence-corrected chi connectivity index (χ3v) is 5.79. The number of aromatic amines is 1. The molecule has 2 aromatic carbocycles.